The number of hydroxylamine groups is 2. The van der Waals surface area contributed by atoms with E-state index in [9.17, 15) is 24.3 Å². The van der Waals surface area contributed by atoms with Crippen LogP contribution in [-0.4, -0.2) is 121 Å². The number of ketones is 2. The molecule has 1 amide bonds. The molecule has 13 atom stereocenters. The number of amides is 1. The van der Waals surface area contributed by atoms with Crippen LogP contribution in [0.5, 0.6) is 0 Å². The first-order valence-electron chi connectivity index (χ1n) is 16.6. The number of hydrogen-bond donors (Lipinski definition) is 1. The number of ether oxygens (including phenoxy) is 5. The first kappa shape index (κ1) is 39.0. The highest BCUT2D eigenvalue weighted by Gasteiger charge is 2.61. The van der Waals surface area contributed by atoms with Crippen molar-refractivity contribution in [1.82, 2.24) is 9.96 Å². The first-order valence-corrected chi connectivity index (χ1v) is 16.6. The van der Waals surface area contributed by atoms with E-state index < -0.39 is 83.4 Å². The van der Waals surface area contributed by atoms with Crippen molar-refractivity contribution in [2.75, 3.05) is 27.8 Å². The molecule has 0 spiro atoms. The fourth-order valence-electron chi connectivity index (χ4n) is 7.70. The Morgan fingerprint density at radius 1 is 1.06 bits per heavy atom. The third-order valence-electron chi connectivity index (χ3n) is 10.3. The zero-order chi connectivity index (χ0) is 35.6. The number of rotatable bonds is 8. The number of nitrogens with zero attached hydrogens (tertiary/aromatic N) is 2. The summed E-state index contributed by atoms with van der Waals surface area (Å²) in [6.07, 6.45) is -2.91. The van der Waals surface area contributed by atoms with E-state index in [-0.39, 0.29) is 37.4 Å². The summed E-state index contributed by atoms with van der Waals surface area (Å²) in [5, 5.41) is 12.4. The Hall–Kier alpha value is -2.42. The minimum Gasteiger partial charge on any atom is -0.457 e. The van der Waals surface area contributed by atoms with E-state index in [0.29, 0.717) is 6.42 Å². The molecule has 47 heavy (non-hydrogen) atoms. The normalized spacial score (nSPS) is 42.5. The standard InChI is InChI=1S/C34H56N2O11/c1-13-15-43-33(8)17-18(3)25(37)20(5)28-34(9,47-32(41)36(28)42-12)24(14-2)45-30(40)22(7)26(38)21(6)29(33)46-31-27(39)23(35(10)11)16-19(4)44-31/h13,18-24,27-29,31,39H,1,14-17H2,2-12H3/t18-,19-,20+,21+,22-,23+,24-,27-,28-,29-,31+,33-,34-/m1/s1. The van der Waals surface area contributed by atoms with E-state index >= 15 is 0 Å². The molecule has 0 aromatic rings. The summed E-state index contributed by atoms with van der Waals surface area (Å²) in [4.78, 5) is 62.4. The van der Waals surface area contributed by atoms with Gasteiger partial charge in [0.1, 0.15) is 30.0 Å². The summed E-state index contributed by atoms with van der Waals surface area (Å²) in [5.41, 5.74) is -2.78. The number of aliphatic hydroxyl groups excluding tert-OH is 1. The monoisotopic (exact) mass is 668 g/mol. The molecule has 3 aliphatic heterocycles. The van der Waals surface area contributed by atoms with Crippen LogP contribution in [-0.2, 0) is 42.9 Å². The second-order valence-electron chi connectivity index (χ2n) is 14.1. The van der Waals surface area contributed by atoms with Gasteiger partial charge < -0.3 is 33.7 Å². The molecule has 0 unspecified atom stereocenters. The number of cyclic esters (lactones) is 1. The van der Waals surface area contributed by atoms with Crippen LogP contribution in [0.2, 0.25) is 0 Å². The van der Waals surface area contributed by atoms with Crippen LogP contribution in [0, 0.1) is 23.7 Å². The zero-order valence-corrected chi connectivity index (χ0v) is 29.9. The van der Waals surface area contributed by atoms with Crippen molar-refractivity contribution in [1.29, 1.82) is 0 Å². The number of fused-ring (bicyclic) bond motifs is 1. The molecule has 3 aliphatic rings. The minimum absolute atomic E-state index is 0.0643. The van der Waals surface area contributed by atoms with Crippen LogP contribution in [0.3, 0.4) is 0 Å². The summed E-state index contributed by atoms with van der Waals surface area (Å²) in [5.74, 6) is -5.25. The fraction of sp³-hybridized carbons (Fsp3) is 0.824. The lowest BCUT2D eigenvalue weighted by Crippen LogP contribution is -2.60. The van der Waals surface area contributed by atoms with Gasteiger partial charge in [0.05, 0.1) is 31.5 Å². The van der Waals surface area contributed by atoms with Crippen molar-refractivity contribution in [3.63, 3.8) is 0 Å². The van der Waals surface area contributed by atoms with E-state index in [1.165, 1.54) is 14.0 Å². The first-order chi connectivity index (χ1) is 21.9. The van der Waals surface area contributed by atoms with Gasteiger partial charge in [0.2, 0.25) is 0 Å². The number of Topliss-reactive ketones (excluding diaryl/α,β-unsaturated/α-hetero) is 2. The van der Waals surface area contributed by atoms with Gasteiger partial charge in [-0.3, -0.25) is 19.2 Å². The molecule has 0 aliphatic carbocycles. The van der Waals surface area contributed by atoms with Gasteiger partial charge in [-0.25, -0.2) is 4.79 Å². The van der Waals surface area contributed by atoms with Crippen LogP contribution in [0.1, 0.15) is 74.7 Å². The Labute approximate surface area is 279 Å². The van der Waals surface area contributed by atoms with Crippen molar-refractivity contribution < 1.29 is 52.8 Å². The molecule has 268 valence electrons. The maximum absolute atomic E-state index is 14.3. The number of hydrogen-bond acceptors (Lipinski definition) is 12. The Balaban J connectivity index is 2.17. The molecule has 3 saturated heterocycles. The average Bonchev–Trinajstić information content (AvgIpc) is 3.29. The maximum atomic E-state index is 14.3. The van der Waals surface area contributed by atoms with Gasteiger partial charge in [-0.1, -0.05) is 33.8 Å². The summed E-state index contributed by atoms with van der Waals surface area (Å²) in [7, 11) is 5.02. The molecule has 0 bridgehead atoms. The van der Waals surface area contributed by atoms with Crippen LogP contribution in [0.15, 0.2) is 12.7 Å². The van der Waals surface area contributed by atoms with Gasteiger partial charge in [-0.2, -0.15) is 5.06 Å². The predicted molar refractivity (Wildman–Crippen MR) is 171 cm³/mol. The Morgan fingerprint density at radius 2 is 1.70 bits per heavy atom. The van der Waals surface area contributed by atoms with E-state index in [4.69, 9.17) is 28.5 Å². The molecule has 3 rings (SSSR count). The summed E-state index contributed by atoms with van der Waals surface area (Å²) >= 11 is 0. The number of carbonyl (C=O) groups is 4. The van der Waals surface area contributed by atoms with Crippen molar-refractivity contribution in [2.45, 2.75) is 129 Å². The molecule has 0 aromatic heterocycles. The van der Waals surface area contributed by atoms with Gasteiger partial charge in [0, 0.05) is 23.8 Å². The average molecular weight is 669 g/mol. The van der Waals surface area contributed by atoms with Gasteiger partial charge in [-0.05, 0) is 61.1 Å². The number of carbonyl (C=O) groups excluding carboxylic acids is 4. The maximum Gasteiger partial charge on any atom is 0.435 e. The van der Waals surface area contributed by atoms with Gasteiger partial charge in [0.15, 0.2) is 17.7 Å². The molecular weight excluding hydrogens is 612 g/mol. The van der Waals surface area contributed by atoms with Crippen LogP contribution in [0.25, 0.3) is 0 Å². The van der Waals surface area contributed by atoms with Crippen LogP contribution >= 0.6 is 0 Å². The van der Waals surface area contributed by atoms with Gasteiger partial charge in [0.25, 0.3) is 0 Å². The third-order valence-corrected chi connectivity index (χ3v) is 10.3. The Bertz CT molecular complexity index is 1160. The summed E-state index contributed by atoms with van der Waals surface area (Å²) < 4.78 is 30.8. The van der Waals surface area contributed by atoms with Crippen LogP contribution < -0.4 is 0 Å². The summed E-state index contributed by atoms with van der Waals surface area (Å²) in [6, 6.07) is -1.24. The molecule has 13 nitrogen and oxygen atoms in total. The molecule has 3 fully saturated rings. The number of likely N-dealkylation sites (N-methyl/N-ethyl adjacent to an activating group) is 1. The second kappa shape index (κ2) is 15.4. The van der Waals surface area contributed by atoms with E-state index in [1.807, 2.05) is 25.9 Å². The lowest BCUT2D eigenvalue weighted by atomic mass is 9.73. The van der Waals surface area contributed by atoms with Crippen molar-refractivity contribution in [3.8, 4) is 0 Å². The minimum atomic E-state index is -1.47. The molecule has 13 heteroatoms. The van der Waals surface area contributed by atoms with Crippen molar-refractivity contribution >= 4 is 23.6 Å². The van der Waals surface area contributed by atoms with Crippen LogP contribution in [0.4, 0.5) is 4.79 Å². The Morgan fingerprint density at radius 3 is 2.26 bits per heavy atom. The van der Waals surface area contributed by atoms with Crippen molar-refractivity contribution in [3.05, 3.63) is 12.7 Å². The molecule has 0 aromatic carbocycles. The summed E-state index contributed by atoms with van der Waals surface area (Å²) in [6.45, 7) is 17.4. The second-order valence-corrected chi connectivity index (χ2v) is 14.1. The van der Waals surface area contributed by atoms with Crippen molar-refractivity contribution in [2.24, 2.45) is 23.7 Å². The number of aliphatic hydroxyl groups is 1. The molecule has 3 heterocycles. The van der Waals surface area contributed by atoms with E-state index in [2.05, 4.69) is 6.58 Å². The molecule has 0 radical (unpaired) electrons. The van der Waals surface area contributed by atoms with E-state index in [1.54, 1.807) is 47.6 Å². The zero-order valence-electron chi connectivity index (χ0n) is 29.9. The number of esters is 1. The van der Waals surface area contributed by atoms with E-state index in [0.717, 1.165) is 5.06 Å². The molecule has 0 saturated carbocycles. The lowest BCUT2D eigenvalue weighted by Gasteiger charge is -2.47. The highest BCUT2D eigenvalue weighted by molar-refractivity contribution is 6.00. The Kier molecular flexibility index (Phi) is 12.8. The lowest BCUT2D eigenvalue weighted by molar-refractivity contribution is -0.296. The quantitative estimate of drug-likeness (QED) is 0.230. The van der Waals surface area contributed by atoms with Gasteiger partial charge >= 0.3 is 12.1 Å². The highest BCUT2D eigenvalue weighted by atomic mass is 16.8. The SMILES string of the molecule is C=CCO[C@]1(C)C[C@@H](C)C(=O)[C@H](C)[C@H]2N(OC)C(=O)O[C@]2(C)[C@@H](CC)OC(=O)[C@H](C)C(=O)[C@H](C)[C@H]1O[C@@H]1O[C@H](C)C[C@H](N(C)C)[C@H]1O. The molecule has 1 N–H and O–H groups in total. The van der Waals surface area contributed by atoms with Gasteiger partial charge in [-0.15, -0.1) is 6.58 Å². The largest absolute Gasteiger partial charge is 0.457 e. The molecular formula is C34H56N2O11. The topological polar surface area (TPSA) is 150 Å². The fourth-order valence-corrected chi connectivity index (χ4v) is 7.70. The third kappa shape index (κ3) is 7.75. The highest BCUT2D eigenvalue weighted by Crippen LogP contribution is 2.43. The smallest absolute Gasteiger partial charge is 0.435 e. The predicted octanol–water partition coefficient (Wildman–Crippen LogP) is 3.31.